The van der Waals surface area contributed by atoms with E-state index in [-0.39, 0.29) is 0 Å². The topological polar surface area (TPSA) is 46.8 Å². The molecule has 2 aromatic heterocycles. The third-order valence-electron chi connectivity index (χ3n) is 3.78. The molecule has 0 bridgehead atoms. The Morgan fingerprint density at radius 3 is 2.82 bits per heavy atom. The van der Waals surface area contributed by atoms with Crippen LogP contribution in [0.1, 0.15) is 5.56 Å². The second-order valence-corrected chi connectivity index (χ2v) is 6.13. The van der Waals surface area contributed by atoms with Gasteiger partial charge in [0.1, 0.15) is 0 Å². The van der Waals surface area contributed by atoms with Crippen LogP contribution in [-0.2, 0) is 6.67 Å². The number of hydrogen-bond acceptors (Lipinski definition) is 5. The molecule has 1 aliphatic heterocycles. The van der Waals surface area contributed by atoms with Crippen LogP contribution in [0.5, 0.6) is 0 Å². The van der Waals surface area contributed by atoms with Crippen LogP contribution in [0.3, 0.4) is 0 Å². The number of pyridine rings is 1. The van der Waals surface area contributed by atoms with Crippen LogP contribution in [0.15, 0.2) is 53.9 Å². The molecule has 6 heteroatoms. The molecule has 0 saturated carbocycles. The van der Waals surface area contributed by atoms with Gasteiger partial charge in [0.2, 0.25) is 0 Å². The predicted molar refractivity (Wildman–Crippen MR) is 87.6 cm³/mol. The Kier molecular flexibility index (Phi) is 3.31. The third kappa shape index (κ3) is 2.25. The van der Waals surface area contributed by atoms with Crippen LogP contribution >= 0.6 is 11.8 Å². The molecule has 0 fully saturated rings. The van der Waals surface area contributed by atoms with Crippen molar-refractivity contribution in [1.29, 1.82) is 0 Å². The molecule has 0 aliphatic carbocycles. The molecule has 3 aromatic rings. The van der Waals surface area contributed by atoms with E-state index < -0.39 is 0 Å². The summed E-state index contributed by atoms with van der Waals surface area (Å²) in [5.74, 6) is 1.78. The number of aryl methyl sites for hydroxylation is 1. The van der Waals surface area contributed by atoms with Gasteiger partial charge in [0.25, 0.3) is 0 Å². The van der Waals surface area contributed by atoms with Crippen molar-refractivity contribution in [1.82, 2.24) is 19.7 Å². The Bertz CT molecular complexity index is 799. The Morgan fingerprint density at radius 2 is 2.00 bits per heavy atom. The molecule has 110 valence electrons. The summed E-state index contributed by atoms with van der Waals surface area (Å²) in [5.41, 5.74) is 3.46. The normalized spacial score (nSPS) is 14.0. The standard InChI is InChI=1S/C16H15N5S/c1-12-5-2-3-7-14(12)15-18-19-16-21(15)10-20(11-22-16)13-6-4-8-17-9-13/h2-9H,10-11H2,1H3. The number of nitrogens with zero attached hydrogens (tertiary/aromatic N) is 5. The van der Waals surface area contributed by atoms with Gasteiger partial charge in [0.05, 0.1) is 24.4 Å². The van der Waals surface area contributed by atoms with Gasteiger partial charge < -0.3 is 4.90 Å². The first-order valence-electron chi connectivity index (χ1n) is 7.10. The van der Waals surface area contributed by atoms with Gasteiger partial charge in [-0.05, 0) is 24.6 Å². The maximum atomic E-state index is 4.41. The molecular weight excluding hydrogens is 294 g/mol. The zero-order valence-electron chi connectivity index (χ0n) is 12.2. The van der Waals surface area contributed by atoms with Crippen molar-refractivity contribution in [2.24, 2.45) is 0 Å². The Labute approximate surface area is 133 Å². The number of fused-ring (bicyclic) bond motifs is 1. The second kappa shape index (κ2) is 5.46. The average molecular weight is 309 g/mol. The summed E-state index contributed by atoms with van der Waals surface area (Å²) >= 11 is 1.70. The maximum absolute atomic E-state index is 4.41. The summed E-state index contributed by atoms with van der Waals surface area (Å²) in [4.78, 5) is 6.48. The van der Waals surface area contributed by atoms with E-state index in [2.05, 4.69) is 49.8 Å². The first-order valence-corrected chi connectivity index (χ1v) is 8.08. The molecule has 0 unspecified atom stereocenters. The highest BCUT2D eigenvalue weighted by Gasteiger charge is 2.23. The van der Waals surface area contributed by atoms with Gasteiger partial charge in [-0.15, -0.1) is 10.2 Å². The maximum Gasteiger partial charge on any atom is 0.194 e. The van der Waals surface area contributed by atoms with Gasteiger partial charge in [0.15, 0.2) is 11.0 Å². The lowest BCUT2D eigenvalue weighted by molar-refractivity contribution is 0.607. The minimum Gasteiger partial charge on any atom is -0.342 e. The smallest absolute Gasteiger partial charge is 0.194 e. The molecule has 0 radical (unpaired) electrons. The summed E-state index contributed by atoms with van der Waals surface area (Å²) < 4.78 is 2.17. The summed E-state index contributed by atoms with van der Waals surface area (Å²) in [6.45, 7) is 2.84. The molecule has 4 rings (SSSR count). The predicted octanol–water partition coefficient (Wildman–Crippen LogP) is 3.18. The average Bonchev–Trinajstić information content (AvgIpc) is 2.99. The Balaban J connectivity index is 1.73. The molecule has 0 atom stereocenters. The number of rotatable bonds is 2. The number of benzene rings is 1. The van der Waals surface area contributed by atoms with Crippen LogP contribution in [0.4, 0.5) is 5.69 Å². The van der Waals surface area contributed by atoms with Crippen molar-refractivity contribution < 1.29 is 0 Å². The summed E-state index contributed by atoms with van der Waals surface area (Å²) in [6, 6.07) is 12.3. The van der Waals surface area contributed by atoms with Gasteiger partial charge >= 0.3 is 0 Å². The highest BCUT2D eigenvalue weighted by molar-refractivity contribution is 7.99. The van der Waals surface area contributed by atoms with Crippen molar-refractivity contribution in [2.45, 2.75) is 18.7 Å². The first kappa shape index (κ1) is 13.3. The molecule has 5 nitrogen and oxygen atoms in total. The summed E-state index contributed by atoms with van der Waals surface area (Å²) in [6.07, 6.45) is 3.69. The number of anilines is 1. The third-order valence-corrected chi connectivity index (χ3v) is 4.78. The van der Waals surface area contributed by atoms with Crippen molar-refractivity contribution in [3.8, 4) is 11.4 Å². The minimum atomic E-state index is 0.741. The minimum absolute atomic E-state index is 0.741. The molecule has 0 amide bonds. The highest BCUT2D eigenvalue weighted by atomic mass is 32.2. The first-order chi connectivity index (χ1) is 10.8. The molecule has 1 aliphatic rings. The van der Waals surface area contributed by atoms with Gasteiger partial charge in [-0.2, -0.15) is 0 Å². The largest absolute Gasteiger partial charge is 0.342 e. The monoisotopic (exact) mass is 309 g/mol. The molecule has 1 aromatic carbocycles. The number of aromatic nitrogens is 4. The number of hydrogen-bond donors (Lipinski definition) is 0. The van der Waals surface area contributed by atoms with E-state index in [0.29, 0.717) is 0 Å². The zero-order chi connectivity index (χ0) is 14.9. The summed E-state index contributed by atoms with van der Waals surface area (Å²) in [7, 11) is 0. The Hall–Kier alpha value is -2.34. The van der Waals surface area contributed by atoms with Crippen molar-refractivity contribution in [3.63, 3.8) is 0 Å². The van der Waals surface area contributed by atoms with Gasteiger partial charge in [-0.1, -0.05) is 36.0 Å². The van der Waals surface area contributed by atoms with Gasteiger partial charge in [-0.3, -0.25) is 9.55 Å². The van der Waals surface area contributed by atoms with E-state index in [1.54, 1.807) is 18.0 Å². The molecule has 0 spiro atoms. The zero-order valence-corrected chi connectivity index (χ0v) is 13.0. The molecule has 22 heavy (non-hydrogen) atoms. The van der Waals surface area contributed by atoms with E-state index in [1.807, 2.05) is 24.4 Å². The van der Waals surface area contributed by atoms with Crippen LogP contribution < -0.4 is 4.90 Å². The number of thioether (sulfide) groups is 1. The van der Waals surface area contributed by atoms with E-state index in [4.69, 9.17) is 0 Å². The van der Waals surface area contributed by atoms with Crippen molar-refractivity contribution in [3.05, 3.63) is 54.4 Å². The quantitative estimate of drug-likeness (QED) is 0.727. The lowest BCUT2D eigenvalue weighted by atomic mass is 10.1. The van der Waals surface area contributed by atoms with Crippen molar-refractivity contribution in [2.75, 3.05) is 10.8 Å². The van der Waals surface area contributed by atoms with Gasteiger partial charge in [0, 0.05) is 11.8 Å². The lowest BCUT2D eigenvalue weighted by Gasteiger charge is -2.29. The SMILES string of the molecule is Cc1ccccc1-c1nnc2n1CN(c1cccnc1)CS2. The molecule has 0 saturated heterocycles. The van der Waals surface area contributed by atoms with Crippen LogP contribution in [0, 0.1) is 6.92 Å². The Morgan fingerprint density at radius 1 is 1.09 bits per heavy atom. The van der Waals surface area contributed by atoms with Crippen molar-refractivity contribution >= 4 is 17.4 Å². The van der Waals surface area contributed by atoms with E-state index in [9.17, 15) is 0 Å². The molecule has 0 N–H and O–H groups in total. The second-order valence-electron chi connectivity index (χ2n) is 5.22. The summed E-state index contributed by atoms with van der Waals surface area (Å²) in [5, 5.41) is 9.71. The fourth-order valence-corrected chi connectivity index (χ4v) is 3.49. The molecule has 3 heterocycles. The fraction of sp³-hybridized carbons (Fsp3) is 0.188. The van der Waals surface area contributed by atoms with Gasteiger partial charge in [-0.25, -0.2) is 0 Å². The highest BCUT2D eigenvalue weighted by Crippen LogP contribution is 2.32. The lowest BCUT2D eigenvalue weighted by Crippen LogP contribution is -2.30. The van der Waals surface area contributed by atoms with Crippen LogP contribution in [0.2, 0.25) is 0 Å². The fourth-order valence-electron chi connectivity index (χ4n) is 2.59. The van der Waals surface area contributed by atoms with Crippen LogP contribution in [0.25, 0.3) is 11.4 Å². The van der Waals surface area contributed by atoms with E-state index in [0.717, 1.165) is 34.8 Å². The van der Waals surface area contributed by atoms with E-state index in [1.165, 1.54) is 5.56 Å². The van der Waals surface area contributed by atoms with Crippen LogP contribution in [-0.4, -0.2) is 25.6 Å². The van der Waals surface area contributed by atoms with E-state index >= 15 is 0 Å². The molecular formula is C16H15N5S.